The first kappa shape index (κ1) is 14.8. The lowest BCUT2D eigenvalue weighted by atomic mass is 10.1. The molecule has 0 aliphatic rings. The molecule has 0 fully saturated rings. The first-order valence-electron chi connectivity index (χ1n) is 6.79. The summed E-state index contributed by atoms with van der Waals surface area (Å²) in [6.07, 6.45) is 0.356. The van der Waals surface area contributed by atoms with Crippen molar-refractivity contribution in [3.8, 4) is 0 Å². The molecule has 2 aromatic carbocycles. The van der Waals surface area contributed by atoms with Crippen LogP contribution in [0.5, 0.6) is 0 Å². The van der Waals surface area contributed by atoms with Crippen molar-refractivity contribution >= 4 is 28.5 Å². The minimum Gasteiger partial charge on any atom is -0.480 e. The number of benzene rings is 2. The molecule has 0 bridgehead atoms. The standard InChI is InChI=1S/C16H18N2O3/c1-3-14(15(19)20)18(2)16(21)17-13-10-6-8-11-7-4-5-9-12(11)13/h4-10,14H,3H2,1-2H3,(H,17,21)(H,19,20). The molecule has 110 valence electrons. The van der Waals surface area contributed by atoms with Crippen LogP contribution in [0.2, 0.25) is 0 Å². The summed E-state index contributed by atoms with van der Waals surface area (Å²) >= 11 is 0. The topological polar surface area (TPSA) is 69.6 Å². The molecule has 21 heavy (non-hydrogen) atoms. The van der Waals surface area contributed by atoms with Gasteiger partial charge < -0.3 is 15.3 Å². The van der Waals surface area contributed by atoms with Gasteiger partial charge in [0.1, 0.15) is 6.04 Å². The number of carboxylic acids is 1. The van der Waals surface area contributed by atoms with Gasteiger partial charge in [0.25, 0.3) is 0 Å². The number of fused-ring (bicyclic) bond motifs is 1. The molecule has 0 saturated heterocycles. The SMILES string of the molecule is CCC(C(=O)O)N(C)C(=O)Nc1cccc2ccccc12. The molecule has 0 aliphatic heterocycles. The molecule has 0 aromatic heterocycles. The fraction of sp³-hybridized carbons (Fsp3) is 0.250. The quantitative estimate of drug-likeness (QED) is 0.907. The maximum Gasteiger partial charge on any atom is 0.326 e. The van der Waals surface area contributed by atoms with E-state index >= 15 is 0 Å². The lowest BCUT2D eigenvalue weighted by Gasteiger charge is -2.24. The van der Waals surface area contributed by atoms with E-state index in [1.54, 1.807) is 13.0 Å². The largest absolute Gasteiger partial charge is 0.480 e. The summed E-state index contributed by atoms with van der Waals surface area (Å²) in [7, 11) is 1.49. The Morgan fingerprint density at radius 2 is 1.86 bits per heavy atom. The summed E-state index contributed by atoms with van der Waals surface area (Å²) in [5.41, 5.74) is 0.671. The van der Waals surface area contributed by atoms with Crippen LogP contribution in [-0.4, -0.2) is 35.1 Å². The number of hydrogen-bond donors (Lipinski definition) is 2. The molecule has 2 amide bonds. The van der Waals surface area contributed by atoms with Crippen LogP contribution < -0.4 is 5.32 Å². The smallest absolute Gasteiger partial charge is 0.326 e. The number of carboxylic acid groups (broad SMARTS) is 1. The Balaban J connectivity index is 2.24. The monoisotopic (exact) mass is 286 g/mol. The molecule has 0 radical (unpaired) electrons. The Morgan fingerprint density at radius 1 is 1.19 bits per heavy atom. The Kier molecular flexibility index (Phi) is 4.42. The molecule has 0 heterocycles. The van der Waals surface area contributed by atoms with Gasteiger partial charge in [0.2, 0.25) is 0 Å². The van der Waals surface area contributed by atoms with Gasteiger partial charge in [0.05, 0.1) is 5.69 Å². The summed E-state index contributed by atoms with van der Waals surface area (Å²) in [6, 6.07) is 12.1. The number of urea groups is 1. The van der Waals surface area contributed by atoms with E-state index in [-0.39, 0.29) is 0 Å². The number of carbonyl (C=O) groups excluding carboxylic acids is 1. The molecule has 2 aromatic rings. The van der Waals surface area contributed by atoms with Crippen LogP contribution in [-0.2, 0) is 4.79 Å². The van der Waals surface area contributed by atoms with E-state index in [4.69, 9.17) is 5.11 Å². The Hall–Kier alpha value is -2.56. The van der Waals surface area contributed by atoms with Crippen LogP contribution in [0.1, 0.15) is 13.3 Å². The molecule has 1 unspecified atom stereocenters. The van der Waals surface area contributed by atoms with E-state index in [0.717, 1.165) is 10.8 Å². The van der Waals surface area contributed by atoms with Gasteiger partial charge in [0.15, 0.2) is 0 Å². The highest BCUT2D eigenvalue weighted by molar-refractivity contribution is 6.02. The molecule has 5 heteroatoms. The second-order valence-corrected chi connectivity index (χ2v) is 4.83. The number of aliphatic carboxylic acids is 1. The van der Waals surface area contributed by atoms with Gasteiger partial charge in [-0.1, -0.05) is 43.3 Å². The number of likely N-dealkylation sites (N-methyl/N-ethyl adjacent to an activating group) is 1. The first-order valence-corrected chi connectivity index (χ1v) is 6.79. The highest BCUT2D eigenvalue weighted by Crippen LogP contribution is 2.23. The number of amides is 2. The Morgan fingerprint density at radius 3 is 2.52 bits per heavy atom. The fourth-order valence-electron chi connectivity index (χ4n) is 2.29. The zero-order chi connectivity index (χ0) is 15.4. The predicted octanol–water partition coefficient (Wildman–Crippen LogP) is 3.17. The van der Waals surface area contributed by atoms with E-state index in [9.17, 15) is 9.59 Å². The number of nitrogens with zero attached hydrogens (tertiary/aromatic N) is 1. The maximum absolute atomic E-state index is 12.2. The number of rotatable bonds is 4. The van der Waals surface area contributed by atoms with Crippen LogP contribution in [0, 0.1) is 0 Å². The summed E-state index contributed by atoms with van der Waals surface area (Å²) in [5.74, 6) is -1.01. The van der Waals surface area contributed by atoms with Crippen molar-refractivity contribution in [2.45, 2.75) is 19.4 Å². The summed E-state index contributed by atoms with van der Waals surface area (Å²) < 4.78 is 0. The fourth-order valence-corrected chi connectivity index (χ4v) is 2.29. The molecule has 1 atom stereocenters. The number of anilines is 1. The number of carbonyl (C=O) groups is 2. The van der Waals surface area contributed by atoms with Crippen LogP contribution in [0.3, 0.4) is 0 Å². The minimum atomic E-state index is -1.01. The highest BCUT2D eigenvalue weighted by Gasteiger charge is 2.24. The third-order valence-electron chi connectivity index (χ3n) is 3.49. The van der Waals surface area contributed by atoms with Crippen LogP contribution >= 0.6 is 0 Å². The number of hydrogen-bond acceptors (Lipinski definition) is 2. The van der Waals surface area contributed by atoms with E-state index < -0.39 is 18.0 Å². The summed E-state index contributed by atoms with van der Waals surface area (Å²) in [6.45, 7) is 1.74. The molecular weight excluding hydrogens is 268 g/mol. The van der Waals surface area contributed by atoms with Crippen LogP contribution in [0.4, 0.5) is 10.5 Å². The van der Waals surface area contributed by atoms with Crippen LogP contribution in [0.15, 0.2) is 42.5 Å². The highest BCUT2D eigenvalue weighted by atomic mass is 16.4. The summed E-state index contributed by atoms with van der Waals surface area (Å²) in [4.78, 5) is 24.5. The van der Waals surface area contributed by atoms with E-state index in [1.165, 1.54) is 11.9 Å². The molecule has 5 nitrogen and oxygen atoms in total. The Labute approximate surface area is 123 Å². The maximum atomic E-state index is 12.2. The van der Waals surface area contributed by atoms with Crippen molar-refractivity contribution in [1.29, 1.82) is 0 Å². The van der Waals surface area contributed by atoms with Crippen molar-refractivity contribution < 1.29 is 14.7 Å². The van der Waals surface area contributed by atoms with Gasteiger partial charge in [-0.15, -0.1) is 0 Å². The van der Waals surface area contributed by atoms with Gasteiger partial charge in [-0.3, -0.25) is 0 Å². The van der Waals surface area contributed by atoms with E-state index in [2.05, 4.69) is 5.32 Å². The van der Waals surface area contributed by atoms with Crippen LogP contribution in [0.25, 0.3) is 10.8 Å². The van der Waals surface area contributed by atoms with Crippen molar-refractivity contribution in [3.63, 3.8) is 0 Å². The summed E-state index contributed by atoms with van der Waals surface area (Å²) in [5, 5.41) is 13.8. The Bertz CT molecular complexity index is 664. The zero-order valence-electron chi connectivity index (χ0n) is 12.0. The molecule has 0 saturated carbocycles. The van der Waals surface area contributed by atoms with E-state index in [0.29, 0.717) is 12.1 Å². The second kappa shape index (κ2) is 6.26. The van der Waals surface area contributed by atoms with Crippen molar-refractivity contribution in [2.24, 2.45) is 0 Å². The third kappa shape index (κ3) is 3.13. The van der Waals surface area contributed by atoms with Gasteiger partial charge in [-0.05, 0) is 17.9 Å². The lowest BCUT2D eigenvalue weighted by Crippen LogP contribution is -2.44. The van der Waals surface area contributed by atoms with Gasteiger partial charge >= 0.3 is 12.0 Å². The lowest BCUT2D eigenvalue weighted by molar-refractivity contribution is -0.141. The van der Waals surface area contributed by atoms with Gasteiger partial charge in [-0.2, -0.15) is 0 Å². The van der Waals surface area contributed by atoms with Crippen molar-refractivity contribution in [1.82, 2.24) is 4.90 Å². The molecule has 2 rings (SSSR count). The average molecular weight is 286 g/mol. The predicted molar refractivity (Wildman–Crippen MR) is 82.4 cm³/mol. The molecule has 0 aliphatic carbocycles. The second-order valence-electron chi connectivity index (χ2n) is 4.83. The normalized spacial score (nSPS) is 11.9. The molecule has 2 N–H and O–H groups in total. The zero-order valence-corrected chi connectivity index (χ0v) is 12.0. The van der Waals surface area contributed by atoms with Crippen molar-refractivity contribution in [3.05, 3.63) is 42.5 Å². The average Bonchev–Trinajstić information content (AvgIpc) is 2.47. The molecule has 0 spiro atoms. The number of nitrogens with one attached hydrogen (secondary N) is 1. The van der Waals surface area contributed by atoms with E-state index in [1.807, 2.05) is 36.4 Å². The van der Waals surface area contributed by atoms with Crippen molar-refractivity contribution in [2.75, 3.05) is 12.4 Å². The first-order chi connectivity index (χ1) is 10.0. The van der Waals surface area contributed by atoms with Gasteiger partial charge in [-0.25, -0.2) is 9.59 Å². The van der Waals surface area contributed by atoms with Gasteiger partial charge in [0, 0.05) is 12.4 Å². The minimum absolute atomic E-state index is 0.356. The third-order valence-corrected chi connectivity index (χ3v) is 3.49. The molecular formula is C16H18N2O3.